The summed E-state index contributed by atoms with van der Waals surface area (Å²) in [6.07, 6.45) is 5.15. The molecule has 0 spiro atoms. The molecule has 0 aliphatic rings. The molecule has 4 rings (SSSR count). The first kappa shape index (κ1) is 24.5. The van der Waals surface area contributed by atoms with Crippen LogP contribution >= 0.6 is 0 Å². The summed E-state index contributed by atoms with van der Waals surface area (Å²) >= 11 is 0. The third-order valence-corrected chi connectivity index (χ3v) is 6.35. The SMILES string of the molecule is CCCCNCc1c(C)cc(CCCC)n(-c2ccccc2-c2ccccc2-c2nn[nH]n2)c1=O. The summed E-state index contributed by atoms with van der Waals surface area (Å²) in [4.78, 5) is 14.0. The van der Waals surface area contributed by atoms with Crippen molar-refractivity contribution >= 4 is 0 Å². The third-order valence-electron chi connectivity index (χ3n) is 6.35. The Bertz CT molecular complexity index is 1310. The van der Waals surface area contributed by atoms with Crippen molar-refractivity contribution in [3.05, 3.63) is 81.8 Å². The molecule has 7 heteroatoms. The molecule has 0 aliphatic heterocycles. The van der Waals surface area contributed by atoms with Crippen molar-refractivity contribution in [2.75, 3.05) is 6.54 Å². The molecule has 4 aromatic rings. The van der Waals surface area contributed by atoms with Gasteiger partial charge in [0.2, 0.25) is 5.82 Å². The van der Waals surface area contributed by atoms with Gasteiger partial charge in [-0.3, -0.25) is 9.36 Å². The quantitative estimate of drug-likeness (QED) is 0.293. The molecule has 0 unspecified atom stereocenters. The highest BCUT2D eigenvalue weighted by Crippen LogP contribution is 2.34. The second-order valence-corrected chi connectivity index (χ2v) is 8.87. The van der Waals surface area contributed by atoms with Gasteiger partial charge < -0.3 is 5.32 Å². The fourth-order valence-electron chi connectivity index (χ4n) is 4.46. The Morgan fingerprint density at radius 2 is 1.66 bits per heavy atom. The lowest BCUT2D eigenvalue weighted by Crippen LogP contribution is -2.30. The zero-order valence-electron chi connectivity index (χ0n) is 20.8. The minimum atomic E-state index is 0.0459. The first-order valence-electron chi connectivity index (χ1n) is 12.5. The van der Waals surface area contributed by atoms with Gasteiger partial charge in [0, 0.05) is 28.9 Å². The van der Waals surface area contributed by atoms with Gasteiger partial charge >= 0.3 is 0 Å². The zero-order chi connectivity index (χ0) is 24.6. The molecule has 7 nitrogen and oxygen atoms in total. The van der Waals surface area contributed by atoms with E-state index < -0.39 is 0 Å². The van der Waals surface area contributed by atoms with Gasteiger partial charge in [0.05, 0.1) is 5.69 Å². The predicted molar refractivity (Wildman–Crippen MR) is 141 cm³/mol. The van der Waals surface area contributed by atoms with E-state index in [1.54, 1.807) is 0 Å². The van der Waals surface area contributed by atoms with Crippen molar-refractivity contribution in [2.45, 2.75) is 59.4 Å². The van der Waals surface area contributed by atoms with Crippen molar-refractivity contribution in [2.24, 2.45) is 0 Å². The number of H-pyrrole nitrogens is 1. The highest BCUT2D eigenvalue weighted by atomic mass is 16.1. The molecule has 0 amide bonds. The van der Waals surface area contributed by atoms with Gasteiger partial charge in [0.15, 0.2) is 0 Å². The number of aromatic amines is 1. The number of nitrogens with zero attached hydrogens (tertiary/aromatic N) is 4. The number of benzene rings is 2. The van der Waals surface area contributed by atoms with Crippen LogP contribution in [0, 0.1) is 6.92 Å². The molecule has 182 valence electrons. The lowest BCUT2D eigenvalue weighted by Gasteiger charge is -2.20. The van der Waals surface area contributed by atoms with Gasteiger partial charge in [-0.25, -0.2) is 0 Å². The molecule has 0 radical (unpaired) electrons. The highest BCUT2D eigenvalue weighted by molar-refractivity contribution is 5.84. The molecule has 2 aromatic heterocycles. The minimum Gasteiger partial charge on any atom is -0.312 e. The van der Waals surface area contributed by atoms with Crippen LogP contribution in [0.5, 0.6) is 0 Å². The van der Waals surface area contributed by atoms with Crippen LogP contribution in [-0.2, 0) is 13.0 Å². The molecule has 0 saturated carbocycles. The van der Waals surface area contributed by atoms with Crippen LogP contribution in [0.4, 0.5) is 0 Å². The Kier molecular flexibility index (Phi) is 8.21. The molecule has 0 saturated heterocycles. The molecule has 0 aliphatic carbocycles. The van der Waals surface area contributed by atoms with Gasteiger partial charge in [0.25, 0.3) is 5.56 Å². The third kappa shape index (κ3) is 5.41. The topological polar surface area (TPSA) is 88.5 Å². The predicted octanol–water partition coefficient (Wildman–Crippen LogP) is 5.23. The van der Waals surface area contributed by atoms with E-state index in [-0.39, 0.29) is 5.56 Å². The van der Waals surface area contributed by atoms with Gasteiger partial charge in [-0.15, -0.1) is 10.2 Å². The van der Waals surface area contributed by atoms with Gasteiger partial charge in [-0.05, 0) is 61.2 Å². The number of unbranched alkanes of at least 4 members (excludes halogenated alkanes) is 2. The van der Waals surface area contributed by atoms with E-state index in [9.17, 15) is 4.79 Å². The Hall–Kier alpha value is -3.58. The summed E-state index contributed by atoms with van der Waals surface area (Å²) in [6.45, 7) is 7.87. The Balaban J connectivity index is 1.89. The number of para-hydroxylation sites is 1. The van der Waals surface area contributed by atoms with E-state index in [4.69, 9.17) is 0 Å². The molecular formula is C28H34N6O. The Morgan fingerprint density at radius 3 is 2.37 bits per heavy atom. The maximum Gasteiger partial charge on any atom is 0.260 e. The van der Waals surface area contributed by atoms with Crippen LogP contribution in [0.3, 0.4) is 0 Å². The molecule has 2 aromatic carbocycles. The van der Waals surface area contributed by atoms with Gasteiger partial charge in [0.1, 0.15) is 0 Å². The zero-order valence-corrected chi connectivity index (χ0v) is 20.8. The van der Waals surface area contributed by atoms with Crippen LogP contribution in [-0.4, -0.2) is 31.7 Å². The van der Waals surface area contributed by atoms with Crippen molar-refractivity contribution in [3.8, 4) is 28.2 Å². The van der Waals surface area contributed by atoms with Crippen molar-refractivity contribution in [3.63, 3.8) is 0 Å². The van der Waals surface area contributed by atoms with E-state index >= 15 is 0 Å². The average Bonchev–Trinajstić information content (AvgIpc) is 3.42. The van der Waals surface area contributed by atoms with Gasteiger partial charge in [-0.2, -0.15) is 5.21 Å². The van der Waals surface area contributed by atoms with Gasteiger partial charge in [-0.1, -0.05) is 69.2 Å². The van der Waals surface area contributed by atoms with Crippen molar-refractivity contribution < 1.29 is 0 Å². The summed E-state index contributed by atoms with van der Waals surface area (Å²) in [5, 5.41) is 18.1. The number of hydrogen-bond donors (Lipinski definition) is 2. The van der Waals surface area contributed by atoms with Crippen LogP contribution in [0.25, 0.3) is 28.2 Å². The molecule has 0 fully saturated rings. The summed E-state index contributed by atoms with van der Waals surface area (Å²) in [7, 11) is 0. The fourth-order valence-corrected chi connectivity index (χ4v) is 4.46. The lowest BCUT2D eigenvalue weighted by molar-refractivity contribution is 0.631. The molecule has 2 N–H and O–H groups in total. The normalized spacial score (nSPS) is 11.2. The summed E-state index contributed by atoms with van der Waals surface area (Å²) < 4.78 is 1.92. The summed E-state index contributed by atoms with van der Waals surface area (Å²) in [5.41, 5.74) is 6.61. The van der Waals surface area contributed by atoms with Crippen LogP contribution in [0.15, 0.2) is 59.4 Å². The van der Waals surface area contributed by atoms with E-state index in [1.807, 2.05) is 47.0 Å². The van der Waals surface area contributed by atoms with E-state index in [0.717, 1.165) is 77.8 Å². The largest absolute Gasteiger partial charge is 0.312 e. The number of rotatable bonds is 11. The average molecular weight is 471 g/mol. The summed E-state index contributed by atoms with van der Waals surface area (Å²) in [5.74, 6) is 0.527. The Labute approximate surface area is 206 Å². The van der Waals surface area contributed by atoms with Crippen molar-refractivity contribution in [1.29, 1.82) is 0 Å². The number of aromatic nitrogens is 5. The number of nitrogens with one attached hydrogen (secondary N) is 2. The molecule has 0 atom stereocenters. The van der Waals surface area contributed by atoms with E-state index in [2.05, 4.69) is 58.8 Å². The molecule has 2 heterocycles. The van der Waals surface area contributed by atoms with Crippen LogP contribution in [0.2, 0.25) is 0 Å². The maximum atomic E-state index is 14.0. The van der Waals surface area contributed by atoms with E-state index in [1.165, 1.54) is 0 Å². The second-order valence-electron chi connectivity index (χ2n) is 8.87. The monoisotopic (exact) mass is 470 g/mol. The number of tetrazole rings is 1. The standard InChI is InChI=1S/C28H34N6O/c1-4-6-12-21-18-20(3)25(19-29-17-7-5-2)28(35)34(21)26-16-11-10-14-23(26)22-13-8-9-15-24(22)27-30-32-33-31-27/h8-11,13-16,18,29H,4-7,12,17,19H2,1-3H3,(H,30,31,32,33). The highest BCUT2D eigenvalue weighted by Gasteiger charge is 2.19. The first-order chi connectivity index (χ1) is 17.2. The smallest absolute Gasteiger partial charge is 0.260 e. The Morgan fingerprint density at radius 1 is 0.943 bits per heavy atom. The molecule has 0 bridgehead atoms. The maximum absolute atomic E-state index is 14.0. The lowest BCUT2D eigenvalue weighted by atomic mass is 9.96. The number of aryl methyl sites for hydroxylation is 2. The number of hydrogen-bond acceptors (Lipinski definition) is 5. The minimum absolute atomic E-state index is 0.0459. The molecular weight excluding hydrogens is 436 g/mol. The number of pyridine rings is 1. The second kappa shape index (κ2) is 11.7. The summed E-state index contributed by atoms with van der Waals surface area (Å²) in [6, 6.07) is 18.3. The first-order valence-corrected chi connectivity index (χ1v) is 12.5. The molecule has 35 heavy (non-hydrogen) atoms. The van der Waals surface area contributed by atoms with Crippen molar-refractivity contribution in [1.82, 2.24) is 30.5 Å². The van der Waals surface area contributed by atoms with Crippen LogP contribution < -0.4 is 10.9 Å². The fraction of sp³-hybridized carbons (Fsp3) is 0.357. The van der Waals surface area contributed by atoms with Crippen LogP contribution in [0.1, 0.15) is 56.4 Å². The van der Waals surface area contributed by atoms with E-state index in [0.29, 0.717) is 12.4 Å².